The Bertz CT molecular complexity index is 636. The predicted molar refractivity (Wildman–Crippen MR) is 173 cm³/mol. The van der Waals surface area contributed by atoms with Crippen LogP contribution in [0.4, 0.5) is 0 Å². The van der Waals surface area contributed by atoms with Gasteiger partial charge in [0, 0.05) is 0 Å². The van der Waals surface area contributed by atoms with Crippen LogP contribution in [0.5, 0.6) is 0 Å². The van der Waals surface area contributed by atoms with Crippen LogP contribution in [-0.2, 0) is 0 Å². The van der Waals surface area contributed by atoms with E-state index in [0.717, 1.165) is 118 Å². The van der Waals surface area contributed by atoms with Crippen LogP contribution >= 0.6 is 0 Å². The van der Waals surface area contributed by atoms with Gasteiger partial charge in [0.2, 0.25) is 0 Å². The van der Waals surface area contributed by atoms with Crippen molar-refractivity contribution in [3.8, 4) is 0 Å². The lowest BCUT2D eigenvalue weighted by Gasteiger charge is -2.65. The molecule has 0 bridgehead atoms. The number of hydrogen-bond donors (Lipinski definition) is 0. The van der Waals surface area contributed by atoms with Crippen LogP contribution in [0, 0.1) is 118 Å². The number of hydrogen-bond acceptors (Lipinski definition) is 0. The fraction of sp³-hybridized carbons (Fsp3) is 1.00. The molecule has 0 spiro atoms. The molecule has 6 saturated carbocycles. The standard InChI is InChI=1S/C40H70/c1-11-21-22(12-2)32-25(15-5)26(16-6)34-29(19-9)30(20-10)35-28(18-8)27(17-7)33-24(14-4)23(13-3)31(21)36-37(32)39(34)40(35)38(33)36/h21-40H,11-20H2,1-10H3. The molecule has 0 nitrogen and oxygen atoms in total. The van der Waals surface area contributed by atoms with Gasteiger partial charge in [0.05, 0.1) is 0 Å². The van der Waals surface area contributed by atoms with E-state index in [1.54, 1.807) is 0 Å². The van der Waals surface area contributed by atoms with Gasteiger partial charge < -0.3 is 0 Å². The molecule has 10 unspecified atom stereocenters. The topological polar surface area (TPSA) is 0 Å². The van der Waals surface area contributed by atoms with Crippen LogP contribution in [0.2, 0.25) is 0 Å². The molecule has 6 fully saturated rings. The third-order valence-corrected chi connectivity index (χ3v) is 16.9. The van der Waals surface area contributed by atoms with E-state index in [9.17, 15) is 0 Å². The van der Waals surface area contributed by atoms with Gasteiger partial charge in [-0.15, -0.1) is 0 Å². The molecule has 6 aliphatic carbocycles. The van der Waals surface area contributed by atoms with Crippen molar-refractivity contribution in [1.29, 1.82) is 0 Å². The molecule has 230 valence electrons. The maximum atomic E-state index is 2.63. The summed E-state index contributed by atoms with van der Waals surface area (Å²) in [6.45, 7) is 26.3. The quantitative estimate of drug-likeness (QED) is 0.254. The average Bonchev–Trinajstić information content (AvgIpc) is 3.34. The molecule has 0 heteroatoms. The van der Waals surface area contributed by atoms with Gasteiger partial charge >= 0.3 is 0 Å². The molecular weight excluding hydrogens is 480 g/mol. The molecule has 0 amide bonds. The smallest absolute Gasteiger partial charge is 0.0312 e. The normalized spacial score (nSPS) is 57.8. The van der Waals surface area contributed by atoms with Gasteiger partial charge in [-0.25, -0.2) is 0 Å². The minimum atomic E-state index is 1.01. The zero-order valence-electron chi connectivity index (χ0n) is 28.6. The molecule has 0 aliphatic heterocycles. The van der Waals surface area contributed by atoms with E-state index in [0.29, 0.717) is 0 Å². The van der Waals surface area contributed by atoms with Crippen molar-refractivity contribution in [2.45, 2.75) is 133 Å². The summed E-state index contributed by atoms with van der Waals surface area (Å²) in [5.74, 6) is 20.7. The highest BCUT2D eigenvalue weighted by Gasteiger charge is 2.76. The van der Waals surface area contributed by atoms with Crippen LogP contribution in [-0.4, -0.2) is 0 Å². The van der Waals surface area contributed by atoms with E-state index >= 15 is 0 Å². The van der Waals surface area contributed by atoms with Crippen molar-refractivity contribution >= 4 is 0 Å². The molecule has 0 heterocycles. The minimum absolute atomic E-state index is 1.01. The molecular formula is C40H70. The van der Waals surface area contributed by atoms with Crippen LogP contribution in [0.25, 0.3) is 0 Å². The van der Waals surface area contributed by atoms with Gasteiger partial charge in [0.25, 0.3) is 0 Å². The Labute approximate surface area is 251 Å². The maximum absolute atomic E-state index is 2.63. The van der Waals surface area contributed by atoms with Crippen molar-refractivity contribution in [3.63, 3.8) is 0 Å². The van der Waals surface area contributed by atoms with Gasteiger partial charge in [0.1, 0.15) is 0 Å². The Hall–Kier alpha value is 0. The van der Waals surface area contributed by atoms with Crippen molar-refractivity contribution in [3.05, 3.63) is 0 Å². The lowest BCUT2D eigenvalue weighted by molar-refractivity contribution is -0.174. The first kappa shape index (κ1) is 30.0. The van der Waals surface area contributed by atoms with Crippen LogP contribution in [0.1, 0.15) is 133 Å². The van der Waals surface area contributed by atoms with Crippen molar-refractivity contribution in [1.82, 2.24) is 0 Å². The first-order chi connectivity index (χ1) is 19.5. The Morgan fingerprint density at radius 3 is 0.350 bits per heavy atom. The average molecular weight is 551 g/mol. The zero-order valence-corrected chi connectivity index (χ0v) is 28.6. The van der Waals surface area contributed by atoms with Gasteiger partial charge in [0.15, 0.2) is 0 Å². The summed E-state index contributed by atoms with van der Waals surface area (Å²) in [6.07, 6.45) is 14.6. The third kappa shape index (κ3) is 3.61. The molecule has 0 aromatic carbocycles. The highest BCUT2D eigenvalue weighted by Crippen LogP contribution is 2.80. The summed E-state index contributed by atoms with van der Waals surface area (Å²) in [7, 11) is 0. The fourth-order valence-corrected chi connectivity index (χ4v) is 16.9. The third-order valence-electron chi connectivity index (χ3n) is 16.9. The first-order valence-corrected chi connectivity index (χ1v) is 19.5. The Morgan fingerprint density at radius 1 is 0.175 bits per heavy atom. The van der Waals surface area contributed by atoms with E-state index in [1.165, 1.54) is 64.2 Å². The SMILES string of the molecule is CCC1C(CC)C2C(CC)C(CC)C3C(CC)C(CC)C4C(CC)C(CC)C5C(CC)C(CC)C1C1C2C3C4C51. The summed E-state index contributed by atoms with van der Waals surface area (Å²) in [6, 6.07) is 0. The Morgan fingerprint density at radius 2 is 0.275 bits per heavy atom. The van der Waals surface area contributed by atoms with Crippen molar-refractivity contribution in [2.24, 2.45) is 118 Å². The maximum Gasteiger partial charge on any atom is -0.0312 e. The van der Waals surface area contributed by atoms with Crippen molar-refractivity contribution in [2.75, 3.05) is 0 Å². The summed E-state index contributed by atoms with van der Waals surface area (Å²) in [5, 5.41) is 0. The summed E-state index contributed by atoms with van der Waals surface area (Å²) in [4.78, 5) is 0. The number of rotatable bonds is 10. The second-order valence-electron chi connectivity index (χ2n) is 16.5. The molecule has 0 saturated heterocycles. The molecule has 6 rings (SSSR count). The molecule has 40 heavy (non-hydrogen) atoms. The Balaban J connectivity index is 1.65. The fourth-order valence-electron chi connectivity index (χ4n) is 16.9. The summed E-state index contributed by atoms with van der Waals surface area (Å²) in [5.41, 5.74) is 0. The van der Waals surface area contributed by atoms with E-state index in [-0.39, 0.29) is 0 Å². The summed E-state index contributed by atoms with van der Waals surface area (Å²) < 4.78 is 0. The van der Waals surface area contributed by atoms with Gasteiger partial charge in [-0.2, -0.15) is 0 Å². The van der Waals surface area contributed by atoms with E-state index in [4.69, 9.17) is 0 Å². The van der Waals surface area contributed by atoms with E-state index < -0.39 is 0 Å². The highest BCUT2D eigenvalue weighted by molar-refractivity contribution is 5.23. The van der Waals surface area contributed by atoms with Crippen LogP contribution in [0.3, 0.4) is 0 Å². The monoisotopic (exact) mass is 551 g/mol. The van der Waals surface area contributed by atoms with E-state index in [1.807, 2.05) is 0 Å². The second kappa shape index (κ2) is 11.5. The molecule has 0 aromatic rings. The molecule has 0 N–H and O–H groups in total. The van der Waals surface area contributed by atoms with Crippen LogP contribution < -0.4 is 0 Å². The Kier molecular flexibility index (Phi) is 8.63. The van der Waals surface area contributed by atoms with Gasteiger partial charge in [-0.1, -0.05) is 133 Å². The minimum Gasteiger partial charge on any atom is -0.0651 e. The molecule has 10 atom stereocenters. The molecule has 6 aliphatic rings. The molecule has 0 radical (unpaired) electrons. The zero-order chi connectivity index (χ0) is 28.6. The first-order valence-electron chi connectivity index (χ1n) is 19.5. The van der Waals surface area contributed by atoms with Gasteiger partial charge in [-0.05, 0) is 118 Å². The largest absolute Gasteiger partial charge is 0.0651 e. The predicted octanol–water partition coefficient (Wildman–Crippen LogP) is 11.5. The highest BCUT2D eigenvalue weighted by atomic mass is 14.8. The molecule has 0 aromatic heterocycles. The van der Waals surface area contributed by atoms with Crippen molar-refractivity contribution < 1.29 is 0 Å². The lowest BCUT2D eigenvalue weighted by Crippen LogP contribution is -2.60. The van der Waals surface area contributed by atoms with Crippen LogP contribution in [0.15, 0.2) is 0 Å². The second-order valence-corrected chi connectivity index (χ2v) is 16.5. The summed E-state index contributed by atoms with van der Waals surface area (Å²) >= 11 is 0. The lowest BCUT2D eigenvalue weighted by atomic mass is 9.40. The van der Waals surface area contributed by atoms with Gasteiger partial charge in [-0.3, -0.25) is 0 Å². The van der Waals surface area contributed by atoms with E-state index in [2.05, 4.69) is 69.2 Å².